The van der Waals surface area contributed by atoms with E-state index in [1.807, 2.05) is 0 Å². The maximum Gasteiger partial charge on any atom is 0.304 e. The fourth-order valence-electron chi connectivity index (χ4n) is 3.12. The zero-order valence-electron chi connectivity index (χ0n) is 10.4. The van der Waals surface area contributed by atoms with Crippen LogP contribution in [0, 0.1) is 11.3 Å². The van der Waals surface area contributed by atoms with Crippen molar-refractivity contribution in [3.8, 4) is 0 Å². The molecule has 2 rings (SSSR count). The molecule has 2 atom stereocenters. The summed E-state index contributed by atoms with van der Waals surface area (Å²) in [5, 5.41) is 8.89. The first-order valence-electron chi connectivity index (χ1n) is 6.28. The third kappa shape index (κ3) is 2.46. The molecule has 0 aliphatic carbocycles. The zero-order chi connectivity index (χ0) is 12.5. The number of likely N-dealkylation sites (tertiary alicyclic amines) is 1. The highest BCUT2D eigenvalue weighted by Gasteiger charge is 2.51. The SMILES string of the molecule is CN1CCCC(C2(C(N)CC(=O)O)COC2)C1. The molecule has 0 amide bonds. The highest BCUT2D eigenvalue weighted by molar-refractivity contribution is 5.67. The topological polar surface area (TPSA) is 75.8 Å². The lowest BCUT2D eigenvalue weighted by molar-refractivity contribution is -0.173. The second-order valence-electron chi connectivity index (χ2n) is 5.53. The van der Waals surface area contributed by atoms with Crippen LogP contribution in [0.4, 0.5) is 0 Å². The van der Waals surface area contributed by atoms with Gasteiger partial charge in [-0.05, 0) is 32.4 Å². The molecular formula is C12H22N2O3. The Morgan fingerprint density at radius 1 is 1.65 bits per heavy atom. The molecule has 2 aliphatic heterocycles. The van der Waals surface area contributed by atoms with E-state index in [0.29, 0.717) is 19.1 Å². The van der Waals surface area contributed by atoms with Gasteiger partial charge in [0.25, 0.3) is 0 Å². The van der Waals surface area contributed by atoms with E-state index in [9.17, 15) is 4.79 Å². The van der Waals surface area contributed by atoms with Crippen molar-refractivity contribution in [3.05, 3.63) is 0 Å². The van der Waals surface area contributed by atoms with Crippen molar-refractivity contribution in [2.75, 3.05) is 33.4 Å². The number of ether oxygens (including phenoxy) is 1. The molecule has 2 aliphatic rings. The number of rotatable bonds is 4. The van der Waals surface area contributed by atoms with Gasteiger partial charge in [0.15, 0.2) is 0 Å². The molecule has 5 nitrogen and oxygen atoms in total. The number of carbonyl (C=O) groups is 1. The molecule has 0 aromatic rings. The molecule has 0 saturated carbocycles. The summed E-state index contributed by atoms with van der Waals surface area (Å²) in [4.78, 5) is 13.1. The van der Waals surface area contributed by atoms with Gasteiger partial charge in [-0.25, -0.2) is 0 Å². The molecular weight excluding hydrogens is 220 g/mol. The Balaban J connectivity index is 2.05. The smallest absolute Gasteiger partial charge is 0.304 e. The fraction of sp³-hybridized carbons (Fsp3) is 0.917. The summed E-state index contributed by atoms with van der Waals surface area (Å²) in [5.74, 6) is -0.336. The number of hydrogen-bond donors (Lipinski definition) is 2. The van der Waals surface area contributed by atoms with Crippen molar-refractivity contribution in [1.29, 1.82) is 0 Å². The predicted molar refractivity (Wildman–Crippen MR) is 63.7 cm³/mol. The van der Waals surface area contributed by atoms with Gasteiger partial charge >= 0.3 is 5.97 Å². The number of carboxylic acids is 1. The normalized spacial score (nSPS) is 30.6. The number of piperidine rings is 1. The number of nitrogens with zero attached hydrogens (tertiary/aromatic N) is 1. The quantitative estimate of drug-likeness (QED) is 0.734. The monoisotopic (exact) mass is 242 g/mol. The van der Waals surface area contributed by atoms with E-state index in [1.54, 1.807) is 0 Å². The van der Waals surface area contributed by atoms with Crippen molar-refractivity contribution in [3.63, 3.8) is 0 Å². The Morgan fingerprint density at radius 2 is 2.35 bits per heavy atom. The van der Waals surface area contributed by atoms with Crippen LogP contribution in [0.25, 0.3) is 0 Å². The van der Waals surface area contributed by atoms with E-state index in [-0.39, 0.29) is 17.9 Å². The maximum absolute atomic E-state index is 10.8. The van der Waals surface area contributed by atoms with Gasteiger partial charge in [0.1, 0.15) is 0 Å². The Bertz CT molecular complexity index is 291. The van der Waals surface area contributed by atoms with E-state index < -0.39 is 5.97 Å². The van der Waals surface area contributed by atoms with E-state index >= 15 is 0 Å². The molecule has 2 unspecified atom stereocenters. The van der Waals surface area contributed by atoms with Crippen LogP contribution in [0.5, 0.6) is 0 Å². The third-order valence-electron chi connectivity index (χ3n) is 4.31. The first kappa shape index (κ1) is 12.8. The van der Waals surface area contributed by atoms with E-state index in [1.165, 1.54) is 6.42 Å². The van der Waals surface area contributed by atoms with Gasteiger partial charge in [0.2, 0.25) is 0 Å². The van der Waals surface area contributed by atoms with Crippen LogP contribution in [0.1, 0.15) is 19.3 Å². The van der Waals surface area contributed by atoms with Crippen molar-refractivity contribution in [2.45, 2.75) is 25.3 Å². The molecule has 0 aromatic heterocycles. The Morgan fingerprint density at radius 3 is 2.82 bits per heavy atom. The lowest BCUT2D eigenvalue weighted by Crippen LogP contribution is -2.62. The fourth-order valence-corrected chi connectivity index (χ4v) is 3.12. The summed E-state index contributed by atoms with van der Waals surface area (Å²) >= 11 is 0. The summed E-state index contributed by atoms with van der Waals surface area (Å²) in [6.45, 7) is 3.39. The largest absolute Gasteiger partial charge is 0.481 e. The highest BCUT2D eigenvalue weighted by Crippen LogP contribution is 2.43. The Kier molecular flexibility index (Phi) is 3.70. The average Bonchev–Trinajstić information content (AvgIpc) is 2.14. The van der Waals surface area contributed by atoms with Crippen LogP contribution in [0.3, 0.4) is 0 Å². The van der Waals surface area contributed by atoms with Gasteiger partial charge in [-0.15, -0.1) is 0 Å². The van der Waals surface area contributed by atoms with Crippen molar-refractivity contribution >= 4 is 5.97 Å². The molecule has 2 heterocycles. The van der Waals surface area contributed by atoms with Crippen LogP contribution in [-0.2, 0) is 9.53 Å². The van der Waals surface area contributed by atoms with Crippen molar-refractivity contribution < 1.29 is 14.6 Å². The molecule has 0 spiro atoms. The van der Waals surface area contributed by atoms with Gasteiger partial charge < -0.3 is 20.5 Å². The lowest BCUT2D eigenvalue weighted by Gasteiger charge is -2.53. The highest BCUT2D eigenvalue weighted by atomic mass is 16.5. The first-order valence-corrected chi connectivity index (χ1v) is 6.28. The van der Waals surface area contributed by atoms with Crippen molar-refractivity contribution in [2.24, 2.45) is 17.1 Å². The van der Waals surface area contributed by atoms with E-state index in [4.69, 9.17) is 15.6 Å². The summed E-state index contributed by atoms with van der Waals surface area (Å²) in [6, 6.07) is -0.287. The minimum Gasteiger partial charge on any atom is -0.481 e. The second kappa shape index (κ2) is 4.92. The maximum atomic E-state index is 10.8. The number of aliphatic carboxylic acids is 1. The number of nitrogens with two attached hydrogens (primary N) is 1. The molecule has 0 radical (unpaired) electrons. The Hall–Kier alpha value is -0.650. The third-order valence-corrected chi connectivity index (χ3v) is 4.31. The van der Waals surface area contributed by atoms with Gasteiger partial charge in [0, 0.05) is 18.0 Å². The summed E-state index contributed by atoms with van der Waals surface area (Å²) in [5.41, 5.74) is 6.01. The Labute approximate surface area is 102 Å². The van der Waals surface area contributed by atoms with Crippen LogP contribution >= 0.6 is 0 Å². The van der Waals surface area contributed by atoms with Crippen molar-refractivity contribution in [1.82, 2.24) is 4.90 Å². The minimum absolute atomic E-state index is 0.0452. The second-order valence-corrected chi connectivity index (χ2v) is 5.53. The molecule has 17 heavy (non-hydrogen) atoms. The minimum atomic E-state index is -0.812. The number of hydrogen-bond acceptors (Lipinski definition) is 4. The van der Waals surface area contributed by atoms with Crippen LogP contribution in [0.15, 0.2) is 0 Å². The molecule has 98 valence electrons. The molecule has 2 saturated heterocycles. The van der Waals surface area contributed by atoms with Crippen LogP contribution < -0.4 is 5.73 Å². The lowest BCUT2D eigenvalue weighted by atomic mass is 9.65. The van der Waals surface area contributed by atoms with Gasteiger partial charge in [0.05, 0.1) is 19.6 Å². The molecule has 5 heteroatoms. The molecule has 2 fully saturated rings. The molecule has 0 aromatic carbocycles. The van der Waals surface area contributed by atoms with Crippen LogP contribution in [0.2, 0.25) is 0 Å². The average molecular weight is 242 g/mol. The van der Waals surface area contributed by atoms with E-state index in [0.717, 1.165) is 19.5 Å². The summed E-state index contributed by atoms with van der Waals surface area (Å²) < 4.78 is 5.34. The van der Waals surface area contributed by atoms with Gasteiger partial charge in [-0.2, -0.15) is 0 Å². The zero-order valence-corrected chi connectivity index (χ0v) is 10.4. The summed E-state index contributed by atoms with van der Waals surface area (Å²) in [7, 11) is 2.11. The molecule has 3 N–H and O–H groups in total. The van der Waals surface area contributed by atoms with Gasteiger partial charge in [-0.1, -0.05) is 0 Å². The number of carboxylic acid groups (broad SMARTS) is 1. The summed E-state index contributed by atoms with van der Waals surface area (Å²) in [6.07, 6.45) is 2.35. The molecule has 0 bridgehead atoms. The van der Waals surface area contributed by atoms with E-state index in [2.05, 4.69) is 11.9 Å². The first-order chi connectivity index (χ1) is 8.04. The van der Waals surface area contributed by atoms with Gasteiger partial charge in [-0.3, -0.25) is 4.79 Å². The standard InChI is InChI=1S/C12H22N2O3/c1-14-4-2-3-9(6-14)12(7-17-8-12)10(13)5-11(15)16/h9-10H,2-8,13H2,1H3,(H,15,16). The van der Waals surface area contributed by atoms with Crippen LogP contribution in [-0.4, -0.2) is 55.4 Å². The predicted octanol–water partition coefficient (Wildman–Crippen LogP) is 0.147.